The average molecular weight is 526 g/mol. The molecule has 0 aliphatic heterocycles. The second-order valence-corrected chi connectivity index (χ2v) is 8.02. The van der Waals surface area contributed by atoms with Crippen LogP contribution in [0.2, 0.25) is 0 Å². The number of fused-ring (bicyclic) bond motifs is 1. The Morgan fingerprint density at radius 1 is 1.30 bits per heavy atom. The van der Waals surface area contributed by atoms with E-state index in [1.165, 1.54) is 13.3 Å². The van der Waals surface area contributed by atoms with Gasteiger partial charge in [-0.2, -0.15) is 13.2 Å². The predicted molar refractivity (Wildman–Crippen MR) is 124 cm³/mol. The molecule has 4 rings (SSSR count). The number of hydrogen-bond acceptors (Lipinski definition) is 7. The zero-order valence-corrected chi connectivity index (χ0v) is 19.3. The summed E-state index contributed by atoms with van der Waals surface area (Å²) in [6.45, 7) is 0.380. The van der Waals surface area contributed by atoms with Crippen LogP contribution in [0.3, 0.4) is 0 Å². The van der Waals surface area contributed by atoms with E-state index in [2.05, 4.69) is 10.3 Å². The normalized spacial score (nSPS) is 13.0. The molecule has 1 saturated carbocycles. The number of aromatic nitrogens is 2. The third-order valence-corrected chi connectivity index (χ3v) is 5.46. The number of rotatable bonds is 7. The highest BCUT2D eigenvalue weighted by Gasteiger charge is 2.38. The first-order valence-electron chi connectivity index (χ1n) is 10.8. The second kappa shape index (κ2) is 10.7. The Balaban J connectivity index is 0.000000479. The van der Waals surface area contributed by atoms with E-state index < -0.39 is 40.6 Å². The summed E-state index contributed by atoms with van der Waals surface area (Å²) in [5.74, 6) is -4.85. The van der Waals surface area contributed by atoms with Crippen LogP contribution in [0.5, 0.6) is 5.75 Å². The van der Waals surface area contributed by atoms with E-state index in [-0.39, 0.29) is 22.9 Å². The van der Waals surface area contributed by atoms with Gasteiger partial charge in [0.1, 0.15) is 11.3 Å². The first kappa shape index (κ1) is 27.2. The number of benzene rings is 1. The number of carboxylic acids is 2. The maximum atomic E-state index is 15.2. The van der Waals surface area contributed by atoms with Crippen molar-refractivity contribution in [2.45, 2.75) is 31.5 Å². The number of aliphatic carboxylic acids is 1. The minimum absolute atomic E-state index is 0.00760. The number of aromatic carboxylic acids is 1. The van der Waals surface area contributed by atoms with Crippen molar-refractivity contribution in [3.05, 3.63) is 57.9 Å². The number of pyridine rings is 2. The minimum Gasteiger partial charge on any atom is -0.492 e. The van der Waals surface area contributed by atoms with Gasteiger partial charge in [0, 0.05) is 31.2 Å². The summed E-state index contributed by atoms with van der Waals surface area (Å²) in [7, 11) is 1.38. The van der Waals surface area contributed by atoms with Crippen molar-refractivity contribution < 1.29 is 42.1 Å². The van der Waals surface area contributed by atoms with Crippen LogP contribution in [0.15, 0.2) is 35.5 Å². The molecule has 0 bridgehead atoms. The van der Waals surface area contributed by atoms with E-state index in [0.717, 1.165) is 18.4 Å². The average Bonchev–Trinajstić information content (AvgIpc) is 3.68. The van der Waals surface area contributed by atoms with Crippen LogP contribution < -0.4 is 21.2 Å². The molecule has 0 saturated heterocycles. The largest absolute Gasteiger partial charge is 0.492 e. The minimum atomic E-state index is -5.08. The number of halogens is 4. The van der Waals surface area contributed by atoms with Gasteiger partial charge in [0.15, 0.2) is 11.6 Å². The third kappa shape index (κ3) is 5.90. The highest BCUT2D eigenvalue weighted by molar-refractivity contribution is 6.03. The molecule has 0 unspecified atom stereocenters. The van der Waals surface area contributed by atoms with Gasteiger partial charge >= 0.3 is 18.1 Å². The number of hydrogen-bond donors (Lipinski definition) is 4. The molecule has 1 aliphatic rings. The third-order valence-electron chi connectivity index (χ3n) is 5.46. The highest BCUT2D eigenvalue weighted by Crippen LogP contribution is 2.44. The second-order valence-electron chi connectivity index (χ2n) is 8.02. The quantitative estimate of drug-likeness (QED) is 0.267. The lowest BCUT2D eigenvalue weighted by Gasteiger charge is -2.20. The van der Waals surface area contributed by atoms with Gasteiger partial charge in [0.2, 0.25) is 5.43 Å². The molecule has 0 spiro atoms. The topological polar surface area (TPSA) is 157 Å². The molecule has 10 nitrogen and oxygen atoms in total. The van der Waals surface area contributed by atoms with Crippen molar-refractivity contribution in [2.75, 3.05) is 24.7 Å². The first-order chi connectivity index (χ1) is 17.4. The molecular formula is C23H22F4N4O6. The Hall–Kier alpha value is -4.36. The van der Waals surface area contributed by atoms with Gasteiger partial charge in [-0.05, 0) is 30.9 Å². The number of carboxylic acid groups (broad SMARTS) is 2. The molecule has 198 valence electrons. The number of methoxy groups -OCH3 is 1. The zero-order chi connectivity index (χ0) is 27.5. The van der Waals surface area contributed by atoms with Crippen LogP contribution in [-0.4, -0.2) is 51.5 Å². The van der Waals surface area contributed by atoms with Gasteiger partial charge in [-0.3, -0.25) is 9.78 Å². The molecule has 1 aromatic carbocycles. The van der Waals surface area contributed by atoms with E-state index in [1.54, 1.807) is 17.0 Å². The Morgan fingerprint density at radius 3 is 2.43 bits per heavy atom. The van der Waals surface area contributed by atoms with E-state index in [9.17, 15) is 27.9 Å². The van der Waals surface area contributed by atoms with Crippen molar-refractivity contribution in [3.63, 3.8) is 0 Å². The number of carbonyl (C=O) groups is 2. The number of nitrogen functional groups attached to an aromatic ring is 1. The molecule has 0 radical (unpaired) electrons. The number of nitrogens with zero attached hydrogens (tertiary/aromatic N) is 2. The number of anilines is 2. The van der Waals surface area contributed by atoms with Crippen molar-refractivity contribution in [3.8, 4) is 5.75 Å². The molecule has 1 fully saturated rings. The maximum Gasteiger partial charge on any atom is 0.490 e. The molecule has 0 atom stereocenters. The lowest BCUT2D eigenvalue weighted by molar-refractivity contribution is -0.192. The van der Waals surface area contributed by atoms with E-state index >= 15 is 4.39 Å². The summed E-state index contributed by atoms with van der Waals surface area (Å²) in [6.07, 6.45) is 1.84. The Bertz CT molecular complexity index is 1390. The summed E-state index contributed by atoms with van der Waals surface area (Å²) in [6, 6.07) is 3.74. The Kier molecular flexibility index (Phi) is 7.89. The summed E-state index contributed by atoms with van der Waals surface area (Å²) in [5.41, 5.74) is 5.65. The van der Waals surface area contributed by atoms with E-state index in [0.29, 0.717) is 18.5 Å². The van der Waals surface area contributed by atoms with Crippen LogP contribution in [0.1, 0.15) is 34.8 Å². The zero-order valence-electron chi connectivity index (χ0n) is 19.3. The van der Waals surface area contributed by atoms with Crippen molar-refractivity contribution >= 4 is 34.2 Å². The molecule has 0 amide bonds. The highest BCUT2D eigenvalue weighted by atomic mass is 19.4. The Labute approximate surface area is 206 Å². The fourth-order valence-electron chi connectivity index (χ4n) is 3.60. The van der Waals surface area contributed by atoms with Gasteiger partial charge in [0.25, 0.3) is 0 Å². The monoisotopic (exact) mass is 526 g/mol. The smallest absolute Gasteiger partial charge is 0.490 e. The van der Waals surface area contributed by atoms with Crippen LogP contribution >= 0.6 is 0 Å². The van der Waals surface area contributed by atoms with E-state index in [4.69, 9.17) is 20.4 Å². The summed E-state index contributed by atoms with van der Waals surface area (Å²) < 4.78 is 54.1. The summed E-state index contributed by atoms with van der Waals surface area (Å²) >= 11 is 0. The Morgan fingerprint density at radius 2 is 1.95 bits per heavy atom. The van der Waals surface area contributed by atoms with Gasteiger partial charge in [0.05, 0.1) is 23.7 Å². The van der Waals surface area contributed by atoms with Crippen LogP contribution in [0.25, 0.3) is 10.9 Å². The van der Waals surface area contributed by atoms with E-state index in [1.807, 2.05) is 12.1 Å². The molecule has 1 aliphatic carbocycles. The van der Waals surface area contributed by atoms with Crippen LogP contribution in [-0.2, 0) is 11.2 Å². The fourth-order valence-corrected chi connectivity index (χ4v) is 3.60. The number of ether oxygens (including phenoxy) is 1. The molecule has 5 N–H and O–H groups in total. The van der Waals surface area contributed by atoms with Gasteiger partial charge in [-0.25, -0.2) is 14.0 Å². The van der Waals surface area contributed by atoms with Crippen molar-refractivity contribution in [1.29, 1.82) is 0 Å². The fraction of sp³-hybridized carbons (Fsp3) is 0.304. The van der Waals surface area contributed by atoms with Crippen LogP contribution in [0, 0.1) is 5.82 Å². The van der Waals surface area contributed by atoms with Gasteiger partial charge < -0.3 is 30.6 Å². The standard InChI is InChI=1S/C21H21FN4O4.C2HF3O2/c1-30-20-17(25-8-6-11-3-2-7-24-9-11)15(22)16(23)14-18(20)26(12-4-5-12)10-13(19(14)27)21(28)29;3-2(4,5)1(6)7/h2-3,7,9-10,12,25H,4-6,8,23H2,1H3,(H,28,29);(H,6,7). The molecular weight excluding hydrogens is 504 g/mol. The number of nitrogens with one attached hydrogen (secondary N) is 1. The predicted octanol–water partition coefficient (Wildman–Crippen LogP) is 3.45. The molecule has 37 heavy (non-hydrogen) atoms. The van der Waals surface area contributed by atoms with Crippen molar-refractivity contribution in [2.24, 2.45) is 0 Å². The summed E-state index contributed by atoms with van der Waals surface area (Å²) in [5, 5.41) is 19.4. The molecule has 2 aromatic heterocycles. The maximum absolute atomic E-state index is 15.2. The molecule has 14 heteroatoms. The molecule has 2 heterocycles. The lowest BCUT2D eigenvalue weighted by Crippen LogP contribution is -2.21. The SMILES string of the molecule is COc1c(NCCc2cccnc2)c(F)c(N)c2c(=O)c(C(=O)O)cn(C3CC3)c12.O=C(O)C(F)(F)F. The number of alkyl halides is 3. The first-order valence-corrected chi connectivity index (χ1v) is 10.8. The number of nitrogens with two attached hydrogens (primary N) is 1. The van der Waals surface area contributed by atoms with Crippen molar-refractivity contribution in [1.82, 2.24) is 9.55 Å². The molecule has 3 aromatic rings. The van der Waals surface area contributed by atoms with Gasteiger partial charge in [-0.15, -0.1) is 0 Å². The van der Waals surface area contributed by atoms with Crippen LogP contribution in [0.4, 0.5) is 28.9 Å². The summed E-state index contributed by atoms with van der Waals surface area (Å²) in [4.78, 5) is 37.3. The lowest BCUT2D eigenvalue weighted by atomic mass is 10.1. The van der Waals surface area contributed by atoms with Gasteiger partial charge in [-0.1, -0.05) is 6.07 Å².